The van der Waals surface area contributed by atoms with Crippen molar-refractivity contribution in [3.8, 4) is 0 Å². The first-order chi connectivity index (χ1) is 5.44. The van der Waals surface area contributed by atoms with Crippen LogP contribution in [0.25, 0.3) is 0 Å². The Bertz CT molecular complexity index is 188. The van der Waals surface area contributed by atoms with Crippen LogP contribution in [-0.4, -0.2) is 23.3 Å². The van der Waals surface area contributed by atoms with E-state index >= 15 is 0 Å². The molecule has 12 heavy (non-hydrogen) atoms. The maximum Gasteiger partial charge on any atom is 0.312 e. The second-order valence-corrected chi connectivity index (χ2v) is 4.03. The molecule has 3 unspecified atom stereocenters. The van der Waals surface area contributed by atoms with E-state index in [0.717, 1.165) is 6.42 Å². The van der Waals surface area contributed by atoms with Gasteiger partial charge in [0.2, 0.25) is 0 Å². The van der Waals surface area contributed by atoms with E-state index in [2.05, 4.69) is 0 Å². The number of carbonyl (C=O) groups excluding carboxylic acids is 1. The summed E-state index contributed by atoms with van der Waals surface area (Å²) in [5.41, 5.74) is -0.465. The van der Waals surface area contributed by atoms with Gasteiger partial charge in [0.1, 0.15) is 6.10 Å². The highest BCUT2D eigenvalue weighted by Crippen LogP contribution is 2.37. The van der Waals surface area contributed by atoms with Crippen molar-refractivity contribution in [1.29, 1.82) is 0 Å². The number of hydrogen-bond acceptors (Lipinski definition) is 3. The summed E-state index contributed by atoms with van der Waals surface area (Å²) in [4.78, 5) is 11.3. The first-order valence-corrected chi connectivity index (χ1v) is 4.33. The van der Waals surface area contributed by atoms with Crippen LogP contribution in [0, 0.1) is 5.41 Å². The molecule has 1 aliphatic heterocycles. The van der Waals surface area contributed by atoms with Gasteiger partial charge in [-0.1, -0.05) is 0 Å². The van der Waals surface area contributed by atoms with Gasteiger partial charge in [-0.05, 0) is 27.2 Å². The molecule has 0 aromatic heterocycles. The van der Waals surface area contributed by atoms with Crippen molar-refractivity contribution in [3.63, 3.8) is 0 Å². The molecule has 1 rings (SSSR count). The molecule has 3 nitrogen and oxygen atoms in total. The van der Waals surface area contributed by atoms with Crippen LogP contribution in [0.1, 0.15) is 33.6 Å². The van der Waals surface area contributed by atoms with Gasteiger partial charge in [0.05, 0.1) is 11.5 Å². The van der Waals surface area contributed by atoms with Crippen LogP contribution in [0.15, 0.2) is 0 Å². The molecule has 0 radical (unpaired) electrons. The van der Waals surface area contributed by atoms with Crippen LogP contribution in [0.5, 0.6) is 0 Å². The molecule has 0 aromatic carbocycles. The number of aliphatic hydroxyl groups excluding tert-OH is 1. The zero-order valence-corrected chi connectivity index (χ0v) is 7.83. The number of aliphatic hydroxyl groups is 1. The molecule has 70 valence electrons. The van der Waals surface area contributed by atoms with E-state index in [-0.39, 0.29) is 12.1 Å². The van der Waals surface area contributed by atoms with Crippen molar-refractivity contribution in [2.45, 2.75) is 45.8 Å². The highest BCUT2D eigenvalue weighted by atomic mass is 16.6. The smallest absolute Gasteiger partial charge is 0.312 e. The molecule has 0 amide bonds. The van der Waals surface area contributed by atoms with Gasteiger partial charge >= 0.3 is 5.97 Å². The summed E-state index contributed by atoms with van der Waals surface area (Å²) in [5, 5.41) is 9.17. The Morgan fingerprint density at radius 2 is 2.42 bits per heavy atom. The molecular formula is C9H16O3. The largest absolute Gasteiger partial charge is 0.462 e. The fourth-order valence-corrected chi connectivity index (χ4v) is 1.90. The molecule has 1 fully saturated rings. The van der Waals surface area contributed by atoms with E-state index in [1.165, 1.54) is 0 Å². The van der Waals surface area contributed by atoms with E-state index in [4.69, 9.17) is 4.74 Å². The summed E-state index contributed by atoms with van der Waals surface area (Å²) in [7, 11) is 0. The highest BCUT2D eigenvalue weighted by molar-refractivity contribution is 5.78. The molecule has 3 atom stereocenters. The van der Waals surface area contributed by atoms with Crippen molar-refractivity contribution >= 4 is 5.97 Å². The van der Waals surface area contributed by atoms with E-state index in [9.17, 15) is 9.90 Å². The molecule has 0 bridgehead atoms. The van der Waals surface area contributed by atoms with Gasteiger partial charge in [0, 0.05) is 6.42 Å². The lowest BCUT2D eigenvalue weighted by atomic mass is 9.82. The zero-order valence-electron chi connectivity index (χ0n) is 7.83. The third kappa shape index (κ3) is 1.78. The van der Waals surface area contributed by atoms with Crippen molar-refractivity contribution in [2.75, 3.05) is 0 Å². The summed E-state index contributed by atoms with van der Waals surface area (Å²) in [5.74, 6) is -0.170. The number of carbonyl (C=O) groups is 1. The molecule has 1 saturated heterocycles. The summed E-state index contributed by atoms with van der Waals surface area (Å²) in [6.45, 7) is 5.43. The van der Waals surface area contributed by atoms with Crippen molar-refractivity contribution < 1.29 is 14.6 Å². The van der Waals surface area contributed by atoms with Gasteiger partial charge in [0.25, 0.3) is 0 Å². The Hall–Kier alpha value is -0.570. The minimum Gasteiger partial charge on any atom is -0.462 e. The Labute approximate surface area is 72.7 Å². The molecule has 1 aliphatic rings. The van der Waals surface area contributed by atoms with Crippen LogP contribution in [-0.2, 0) is 9.53 Å². The van der Waals surface area contributed by atoms with E-state index < -0.39 is 11.5 Å². The maximum absolute atomic E-state index is 11.3. The molecular weight excluding hydrogens is 156 g/mol. The summed E-state index contributed by atoms with van der Waals surface area (Å²) < 4.78 is 5.03. The van der Waals surface area contributed by atoms with Gasteiger partial charge < -0.3 is 9.84 Å². The number of rotatable bonds is 2. The van der Waals surface area contributed by atoms with Gasteiger partial charge in [-0.2, -0.15) is 0 Å². The van der Waals surface area contributed by atoms with Crippen LogP contribution in [0.2, 0.25) is 0 Å². The third-order valence-corrected chi connectivity index (χ3v) is 2.28. The lowest BCUT2D eigenvalue weighted by molar-refractivity contribution is -0.148. The predicted molar refractivity (Wildman–Crippen MR) is 44.6 cm³/mol. The van der Waals surface area contributed by atoms with E-state index in [0.29, 0.717) is 6.42 Å². The Kier molecular flexibility index (Phi) is 2.42. The topological polar surface area (TPSA) is 46.5 Å². The van der Waals surface area contributed by atoms with Gasteiger partial charge in [-0.3, -0.25) is 4.79 Å². The van der Waals surface area contributed by atoms with E-state index in [1.807, 2.05) is 13.8 Å². The standard InChI is InChI=1S/C9H16O3/c1-6(10)4-9(3)5-7(2)12-8(9)11/h6-7,10H,4-5H2,1-3H3. The average molecular weight is 172 g/mol. The Morgan fingerprint density at radius 3 is 2.75 bits per heavy atom. The molecule has 1 heterocycles. The predicted octanol–water partition coefficient (Wildman–Crippen LogP) is 1.10. The fourth-order valence-electron chi connectivity index (χ4n) is 1.90. The monoisotopic (exact) mass is 172 g/mol. The van der Waals surface area contributed by atoms with Crippen LogP contribution in [0.4, 0.5) is 0 Å². The molecule has 3 heteroatoms. The fraction of sp³-hybridized carbons (Fsp3) is 0.889. The first kappa shape index (κ1) is 9.52. The number of esters is 1. The number of ether oxygens (including phenoxy) is 1. The molecule has 0 saturated carbocycles. The van der Waals surface area contributed by atoms with Crippen LogP contribution >= 0.6 is 0 Å². The van der Waals surface area contributed by atoms with E-state index in [1.54, 1.807) is 6.92 Å². The zero-order chi connectivity index (χ0) is 9.35. The van der Waals surface area contributed by atoms with Gasteiger partial charge in [0.15, 0.2) is 0 Å². The van der Waals surface area contributed by atoms with Gasteiger partial charge in [-0.15, -0.1) is 0 Å². The highest BCUT2D eigenvalue weighted by Gasteiger charge is 2.44. The summed E-state index contributed by atoms with van der Waals surface area (Å²) in [6, 6.07) is 0. The summed E-state index contributed by atoms with van der Waals surface area (Å²) >= 11 is 0. The normalized spacial score (nSPS) is 38.0. The summed E-state index contributed by atoms with van der Waals surface area (Å²) in [6.07, 6.45) is 0.779. The number of hydrogen-bond donors (Lipinski definition) is 1. The second kappa shape index (κ2) is 3.05. The Balaban J connectivity index is 2.64. The minimum atomic E-state index is -0.465. The lowest BCUT2D eigenvalue weighted by Gasteiger charge is -2.19. The van der Waals surface area contributed by atoms with Crippen molar-refractivity contribution in [3.05, 3.63) is 0 Å². The first-order valence-electron chi connectivity index (χ1n) is 4.33. The lowest BCUT2D eigenvalue weighted by Crippen LogP contribution is -2.26. The van der Waals surface area contributed by atoms with Gasteiger partial charge in [-0.25, -0.2) is 0 Å². The molecule has 1 N–H and O–H groups in total. The second-order valence-electron chi connectivity index (χ2n) is 4.03. The minimum absolute atomic E-state index is 0.00116. The SMILES string of the molecule is CC(O)CC1(C)CC(C)OC1=O. The van der Waals surface area contributed by atoms with Crippen LogP contribution in [0.3, 0.4) is 0 Å². The van der Waals surface area contributed by atoms with Crippen molar-refractivity contribution in [2.24, 2.45) is 5.41 Å². The molecule has 0 aromatic rings. The van der Waals surface area contributed by atoms with Crippen LogP contribution < -0.4 is 0 Å². The quantitative estimate of drug-likeness (QED) is 0.634. The van der Waals surface area contributed by atoms with Crippen molar-refractivity contribution in [1.82, 2.24) is 0 Å². The molecule has 0 aliphatic carbocycles. The average Bonchev–Trinajstić information content (AvgIpc) is 2.04. The third-order valence-electron chi connectivity index (χ3n) is 2.28. The Morgan fingerprint density at radius 1 is 1.83 bits per heavy atom. The molecule has 0 spiro atoms. The number of cyclic esters (lactones) is 1. The maximum atomic E-state index is 11.3.